The minimum absolute atomic E-state index is 0.143. The summed E-state index contributed by atoms with van der Waals surface area (Å²) in [7, 11) is 0. The lowest BCUT2D eigenvalue weighted by Crippen LogP contribution is -2.05. The molecule has 0 amide bonds. The van der Waals surface area contributed by atoms with E-state index >= 15 is 0 Å². The molecule has 0 unspecified atom stereocenters. The van der Waals surface area contributed by atoms with Gasteiger partial charge in [-0.3, -0.25) is 9.59 Å². The van der Waals surface area contributed by atoms with Crippen molar-refractivity contribution in [1.29, 1.82) is 0 Å². The van der Waals surface area contributed by atoms with Gasteiger partial charge in [-0.25, -0.2) is 0 Å². The van der Waals surface area contributed by atoms with Crippen LogP contribution in [0.5, 0.6) is 0 Å². The third kappa shape index (κ3) is 10.7. The number of carbonyl (C=O) groups is 2. The van der Waals surface area contributed by atoms with E-state index in [9.17, 15) is 9.59 Å². The Kier molecular flexibility index (Phi) is 11.7. The van der Waals surface area contributed by atoms with E-state index in [0.29, 0.717) is 37.9 Å². The van der Waals surface area contributed by atoms with Crippen LogP contribution in [0.25, 0.3) is 0 Å². The molecule has 2 aromatic rings. The first-order chi connectivity index (χ1) is 15.8. The van der Waals surface area contributed by atoms with E-state index in [1.807, 2.05) is 24.3 Å². The Labute approximate surface area is 199 Å². The summed E-state index contributed by atoms with van der Waals surface area (Å²) in [6.07, 6.45) is 5.48. The molecule has 0 N–H and O–H groups in total. The van der Waals surface area contributed by atoms with E-state index in [4.69, 9.17) is 9.47 Å². The summed E-state index contributed by atoms with van der Waals surface area (Å²) in [5, 5.41) is 0. The number of unbranched alkanes of at least 4 members (excludes halogenated alkanes) is 4. The number of ether oxygens (including phenoxy) is 2. The van der Waals surface area contributed by atoms with Crippen molar-refractivity contribution in [3.8, 4) is 0 Å². The molecule has 0 saturated heterocycles. The fourth-order valence-corrected chi connectivity index (χ4v) is 3.63. The van der Waals surface area contributed by atoms with Crippen LogP contribution in [-0.2, 0) is 32.3 Å². The van der Waals surface area contributed by atoms with Crippen molar-refractivity contribution < 1.29 is 19.1 Å². The fourth-order valence-electron chi connectivity index (χ4n) is 3.63. The minimum atomic E-state index is -0.143. The van der Waals surface area contributed by atoms with Crippen molar-refractivity contribution in [2.45, 2.75) is 97.7 Å². The fraction of sp³-hybridized carbons (Fsp3) is 0.517. The number of hydrogen-bond acceptors (Lipinski definition) is 4. The van der Waals surface area contributed by atoms with E-state index in [1.54, 1.807) is 0 Å². The lowest BCUT2D eigenvalue weighted by atomic mass is 10.0. The zero-order valence-electron chi connectivity index (χ0n) is 20.8. The molecule has 2 aromatic carbocycles. The van der Waals surface area contributed by atoms with Gasteiger partial charge in [0.2, 0.25) is 0 Å². The van der Waals surface area contributed by atoms with Gasteiger partial charge in [0.1, 0.15) is 13.2 Å². The monoisotopic (exact) mass is 452 g/mol. The quantitative estimate of drug-likeness (QED) is 0.221. The van der Waals surface area contributed by atoms with Gasteiger partial charge in [-0.2, -0.15) is 0 Å². The Hall–Kier alpha value is -2.62. The Morgan fingerprint density at radius 3 is 1.42 bits per heavy atom. The van der Waals surface area contributed by atoms with Crippen molar-refractivity contribution in [3.63, 3.8) is 0 Å². The second kappa shape index (κ2) is 14.5. The highest BCUT2D eigenvalue weighted by molar-refractivity contribution is 5.69. The normalized spacial score (nSPS) is 11.1. The molecular weight excluding hydrogens is 412 g/mol. The van der Waals surface area contributed by atoms with Crippen LogP contribution in [-0.4, -0.2) is 11.9 Å². The molecule has 0 aliphatic rings. The standard InChI is InChI=1S/C29H40O4/c1-22(2)26-14-10-12-24(18-26)20-32-28(30)16-8-6-5-7-9-17-29(31)33-21-25-13-11-15-27(19-25)23(3)4/h10-15,18-19,22-23H,5-9,16-17,20-21H2,1-4H3. The molecule has 2 rings (SSSR count). The van der Waals surface area contributed by atoms with Gasteiger partial charge in [0.15, 0.2) is 0 Å². The van der Waals surface area contributed by atoms with E-state index in [2.05, 4.69) is 52.0 Å². The Morgan fingerprint density at radius 1 is 0.636 bits per heavy atom. The van der Waals surface area contributed by atoms with Crippen LogP contribution in [0.2, 0.25) is 0 Å². The van der Waals surface area contributed by atoms with Gasteiger partial charge in [-0.1, -0.05) is 95.5 Å². The van der Waals surface area contributed by atoms with E-state index in [0.717, 1.165) is 43.2 Å². The van der Waals surface area contributed by atoms with Crippen LogP contribution < -0.4 is 0 Å². The predicted octanol–water partition coefficient (Wildman–Crippen LogP) is 7.45. The van der Waals surface area contributed by atoms with E-state index < -0.39 is 0 Å². The van der Waals surface area contributed by atoms with Crippen LogP contribution in [0.15, 0.2) is 48.5 Å². The molecule has 0 aliphatic carbocycles. The summed E-state index contributed by atoms with van der Waals surface area (Å²) >= 11 is 0. The maximum Gasteiger partial charge on any atom is 0.306 e. The van der Waals surface area contributed by atoms with Gasteiger partial charge < -0.3 is 9.47 Å². The first-order valence-corrected chi connectivity index (χ1v) is 12.3. The third-order valence-corrected chi connectivity index (χ3v) is 5.80. The Bertz CT molecular complexity index is 798. The first-order valence-electron chi connectivity index (χ1n) is 12.3. The molecular formula is C29H40O4. The summed E-state index contributed by atoms with van der Waals surface area (Å²) in [4.78, 5) is 24.0. The van der Waals surface area contributed by atoms with Gasteiger partial charge in [0.05, 0.1) is 0 Å². The topological polar surface area (TPSA) is 52.6 Å². The molecule has 180 valence electrons. The number of benzene rings is 2. The molecule has 33 heavy (non-hydrogen) atoms. The van der Waals surface area contributed by atoms with E-state index in [-0.39, 0.29) is 11.9 Å². The molecule has 0 aromatic heterocycles. The number of hydrogen-bond donors (Lipinski definition) is 0. The highest BCUT2D eigenvalue weighted by Gasteiger charge is 2.07. The van der Waals surface area contributed by atoms with Crippen LogP contribution in [0, 0.1) is 0 Å². The zero-order valence-corrected chi connectivity index (χ0v) is 20.8. The van der Waals surface area contributed by atoms with Crippen LogP contribution in [0.1, 0.15) is 107 Å². The predicted molar refractivity (Wildman–Crippen MR) is 133 cm³/mol. The van der Waals surface area contributed by atoms with Gasteiger partial charge >= 0.3 is 11.9 Å². The van der Waals surface area contributed by atoms with Crippen molar-refractivity contribution in [3.05, 3.63) is 70.8 Å². The van der Waals surface area contributed by atoms with E-state index in [1.165, 1.54) is 11.1 Å². The van der Waals surface area contributed by atoms with Crippen LogP contribution >= 0.6 is 0 Å². The smallest absolute Gasteiger partial charge is 0.306 e. The number of rotatable bonds is 14. The SMILES string of the molecule is CC(C)c1cccc(COC(=O)CCCCCCCC(=O)OCc2cccc(C(C)C)c2)c1. The summed E-state index contributed by atoms with van der Waals surface area (Å²) in [6.45, 7) is 9.29. The van der Waals surface area contributed by atoms with Crippen LogP contribution in [0.3, 0.4) is 0 Å². The number of carbonyl (C=O) groups excluding carboxylic acids is 2. The Morgan fingerprint density at radius 2 is 1.03 bits per heavy atom. The molecule has 0 saturated carbocycles. The lowest BCUT2D eigenvalue weighted by Gasteiger charge is -2.09. The summed E-state index contributed by atoms with van der Waals surface area (Å²) in [5.74, 6) is 0.638. The molecule has 0 spiro atoms. The highest BCUT2D eigenvalue weighted by Crippen LogP contribution is 2.18. The average molecular weight is 453 g/mol. The van der Waals surface area contributed by atoms with Crippen molar-refractivity contribution >= 4 is 11.9 Å². The molecule has 0 heterocycles. The Balaban J connectivity index is 1.50. The zero-order chi connectivity index (χ0) is 24.1. The van der Waals surface area contributed by atoms with Gasteiger partial charge in [0.25, 0.3) is 0 Å². The molecule has 0 bridgehead atoms. The summed E-state index contributed by atoms with van der Waals surface area (Å²) in [6, 6.07) is 16.4. The maximum atomic E-state index is 12.0. The summed E-state index contributed by atoms with van der Waals surface area (Å²) in [5.41, 5.74) is 4.59. The highest BCUT2D eigenvalue weighted by atomic mass is 16.5. The average Bonchev–Trinajstić information content (AvgIpc) is 2.81. The number of esters is 2. The van der Waals surface area contributed by atoms with Crippen molar-refractivity contribution in [2.75, 3.05) is 0 Å². The minimum Gasteiger partial charge on any atom is -0.461 e. The largest absolute Gasteiger partial charge is 0.461 e. The second-order valence-corrected chi connectivity index (χ2v) is 9.39. The molecule has 0 fully saturated rings. The second-order valence-electron chi connectivity index (χ2n) is 9.39. The first kappa shape index (κ1) is 26.6. The molecule has 4 nitrogen and oxygen atoms in total. The van der Waals surface area contributed by atoms with Crippen molar-refractivity contribution in [2.24, 2.45) is 0 Å². The molecule has 0 atom stereocenters. The maximum absolute atomic E-state index is 12.0. The summed E-state index contributed by atoms with van der Waals surface area (Å²) < 4.78 is 10.8. The van der Waals surface area contributed by atoms with Gasteiger partial charge in [-0.05, 0) is 46.9 Å². The molecule has 0 radical (unpaired) electrons. The van der Waals surface area contributed by atoms with Crippen molar-refractivity contribution in [1.82, 2.24) is 0 Å². The molecule has 0 aliphatic heterocycles. The van der Waals surface area contributed by atoms with Gasteiger partial charge in [0, 0.05) is 12.8 Å². The lowest BCUT2D eigenvalue weighted by molar-refractivity contribution is -0.145. The van der Waals surface area contributed by atoms with Crippen LogP contribution in [0.4, 0.5) is 0 Å². The third-order valence-electron chi connectivity index (χ3n) is 5.80. The molecule has 4 heteroatoms. The van der Waals surface area contributed by atoms with Gasteiger partial charge in [-0.15, -0.1) is 0 Å².